The highest BCUT2D eigenvalue weighted by Crippen LogP contribution is 2.32. The molecule has 6 heteroatoms. The fourth-order valence-electron chi connectivity index (χ4n) is 2.79. The molecule has 1 unspecified atom stereocenters. The number of hydrogen-bond donors (Lipinski definition) is 1. The molecule has 1 N–H and O–H groups in total. The summed E-state index contributed by atoms with van der Waals surface area (Å²) < 4.78 is 0. The van der Waals surface area contributed by atoms with E-state index in [-0.39, 0.29) is 5.69 Å². The average molecular weight is 312 g/mol. The quantitative estimate of drug-likeness (QED) is 0.668. The molecule has 116 valence electrons. The number of benzene rings is 1. The van der Waals surface area contributed by atoms with Crippen molar-refractivity contribution >= 4 is 23.0 Å². The second kappa shape index (κ2) is 7.09. The van der Waals surface area contributed by atoms with Crippen LogP contribution in [0, 0.1) is 16.0 Å². The maximum atomic E-state index is 10.8. The van der Waals surface area contributed by atoms with Crippen molar-refractivity contribution in [3.8, 4) is 0 Å². The number of nitrogens with one attached hydrogen (secondary N) is 1. The lowest BCUT2D eigenvalue weighted by molar-refractivity contribution is -0.384. The van der Waals surface area contributed by atoms with Gasteiger partial charge in [0, 0.05) is 24.7 Å². The van der Waals surface area contributed by atoms with E-state index in [2.05, 4.69) is 24.1 Å². The lowest BCUT2D eigenvalue weighted by Crippen LogP contribution is -2.41. The first-order valence-electron chi connectivity index (χ1n) is 7.40. The first-order chi connectivity index (χ1) is 9.99. The lowest BCUT2D eigenvalue weighted by Gasteiger charge is -2.35. The van der Waals surface area contributed by atoms with Crippen molar-refractivity contribution in [3.63, 3.8) is 0 Å². The summed E-state index contributed by atoms with van der Waals surface area (Å²) >= 11 is 6.27. The number of nitrogens with zero attached hydrogens (tertiary/aromatic N) is 2. The molecule has 1 atom stereocenters. The standard InChI is InChI=1S/C15H22ClN3O2/c1-11(2)18(10-12-4-3-7-17-9-12)15-6-5-13(19(20)21)8-14(15)16/h5-6,8,11-12,17H,3-4,7,9-10H2,1-2H3. The number of non-ortho nitro benzene ring substituents is 1. The van der Waals surface area contributed by atoms with Gasteiger partial charge in [0.15, 0.2) is 0 Å². The minimum Gasteiger partial charge on any atom is -0.368 e. The van der Waals surface area contributed by atoms with Crippen molar-refractivity contribution < 1.29 is 4.92 Å². The van der Waals surface area contributed by atoms with E-state index >= 15 is 0 Å². The SMILES string of the molecule is CC(C)N(CC1CCCNC1)c1ccc([N+](=O)[O-])cc1Cl. The van der Waals surface area contributed by atoms with Gasteiger partial charge in [0.25, 0.3) is 5.69 Å². The highest BCUT2D eigenvalue weighted by atomic mass is 35.5. The van der Waals surface area contributed by atoms with Crippen LogP contribution >= 0.6 is 11.6 Å². The van der Waals surface area contributed by atoms with Gasteiger partial charge in [-0.05, 0) is 51.8 Å². The van der Waals surface area contributed by atoms with Crippen molar-refractivity contribution in [2.24, 2.45) is 5.92 Å². The second-order valence-electron chi connectivity index (χ2n) is 5.85. The van der Waals surface area contributed by atoms with Crippen LogP contribution in [0.25, 0.3) is 0 Å². The van der Waals surface area contributed by atoms with E-state index in [1.165, 1.54) is 25.0 Å². The molecule has 0 amide bonds. The van der Waals surface area contributed by atoms with Gasteiger partial charge < -0.3 is 10.2 Å². The van der Waals surface area contributed by atoms with E-state index < -0.39 is 4.92 Å². The third-order valence-corrected chi connectivity index (χ3v) is 4.23. The Balaban J connectivity index is 2.19. The number of anilines is 1. The maximum Gasteiger partial charge on any atom is 0.271 e. The fraction of sp³-hybridized carbons (Fsp3) is 0.600. The molecule has 1 aliphatic rings. The summed E-state index contributed by atoms with van der Waals surface area (Å²) in [6.45, 7) is 7.27. The smallest absolute Gasteiger partial charge is 0.271 e. The Morgan fingerprint density at radius 3 is 2.81 bits per heavy atom. The van der Waals surface area contributed by atoms with Gasteiger partial charge in [-0.1, -0.05) is 11.6 Å². The molecular weight excluding hydrogens is 290 g/mol. The molecule has 0 radical (unpaired) electrons. The van der Waals surface area contributed by atoms with Gasteiger partial charge in [0.1, 0.15) is 0 Å². The Morgan fingerprint density at radius 1 is 1.52 bits per heavy atom. The maximum absolute atomic E-state index is 10.8. The number of hydrogen-bond acceptors (Lipinski definition) is 4. The predicted octanol–water partition coefficient (Wildman–Crippen LogP) is 3.46. The molecule has 0 spiro atoms. The van der Waals surface area contributed by atoms with Gasteiger partial charge in [-0.3, -0.25) is 10.1 Å². The van der Waals surface area contributed by atoms with Crippen LogP contribution in [0.3, 0.4) is 0 Å². The first-order valence-corrected chi connectivity index (χ1v) is 7.78. The van der Waals surface area contributed by atoms with Crippen LogP contribution in [0.2, 0.25) is 5.02 Å². The van der Waals surface area contributed by atoms with Crippen LogP contribution in [0.4, 0.5) is 11.4 Å². The number of rotatable bonds is 5. The number of halogens is 1. The van der Waals surface area contributed by atoms with Crippen LogP contribution < -0.4 is 10.2 Å². The summed E-state index contributed by atoms with van der Waals surface area (Å²) in [5.41, 5.74) is 0.912. The van der Waals surface area contributed by atoms with Crippen LogP contribution in [0.15, 0.2) is 18.2 Å². The van der Waals surface area contributed by atoms with Gasteiger partial charge in [0.05, 0.1) is 15.6 Å². The summed E-state index contributed by atoms with van der Waals surface area (Å²) in [6, 6.07) is 5.02. The molecule has 0 aliphatic carbocycles. The molecule has 1 fully saturated rings. The summed E-state index contributed by atoms with van der Waals surface area (Å²) in [4.78, 5) is 12.6. The third-order valence-electron chi connectivity index (χ3n) is 3.93. The van der Waals surface area contributed by atoms with Crippen molar-refractivity contribution in [2.75, 3.05) is 24.5 Å². The topological polar surface area (TPSA) is 58.4 Å². The monoisotopic (exact) mass is 311 g/mol. The summed E-state index contributed by atoms with van der Waals surface area (Å²) in [5.74, 6) is 0.590. The molecule has 0 saturated carbocycles. The van der Waals surface area contributed by atoms with Crippen LogP contribution in [-0.2, 0) is 0 Å². The van der Waals surface area contributed by atoms with Gasteiger partial charge in [-0.2, -0.15) is 0 Å². The zero-order valence-corrected chi connectivity index (χ0v) is 13.3. The third kappa shape index (κ3) is 4.08. The Labute approximate surface area is 130 Å². The fourth-order valence-corrected chi connectivity index (χ4v) is 3.07. The van der Waals surface area contributed by atoms with E-state index in [0.717, 1.165) is 25.3 Å². The highest BCUT2D eigenvalue weighted by molar-refractivity contribution is 6.33. The van der Waals surface area contributed by atoms with Crippen molar-refractivity contribution in [1.82, 2.24) is 5.32 Å². The predicted molar refractivity (Wildman–Crippen MR) is 86.2 cm³/mol. The first kappa shape index (κ1) is 16.0. The van der Waals surface area contributed by atoms with Crippen LogP contribution in [0.5, 0.6) is 0 Å². The zero-order chi connectivity index (χ0) is 15.4. The van der Waals surface area contributed by atoms with Gasteiger partial charge in [-0.15, -0.1) is 0 Å². The highest BCUT2D eigenvalue weighted by Gasteiger charge is 2.22. The van der Waals surface area contributed by atoms with E-state index in [1.807, 2.05) is 0 Å². The molecule has 1 aromatic carbocycles. The molecule has 1 heterocycles. The molecular formula is C15H22ClN3O2. The molecule has 1 aromatic rings. The average Bonchev–Trinajstić information content (AvgIpc) is 2.46. The van der Waals surface area contributed by atoms with Gasteiger partial charge in [0.2, 0.25) is 0 Å². The molecule has 21 heavy (non-hydrogen) atoms. The van der Waals surface area contributed by atoms with Crippen molar-refractivity contribution in [1.29, 1.82) is 0 Å². The molecule has 1 aliphatic heterocycles. The van der Waals surface area contributed by atoms with E-state index in [9.17, 15) is 10.1 Å². The van der Waals surface area contributed by atoms with E-state index in [1.54, 1.807) is 6.07 Å². The van der Waals surface area contributed by atoms with Gasteiger partial charge >= 0.3 is 0 Å². The van der Waals surface area contributed by atoms with Crippen molar-refractivity contribution in [2.45, 2.75) is 32.7 Å². The summed E-state index contributed by atoms with van der Waals surface area (Å²) in [6.07, 6.45) is 2.41. The molecule has 1 saturated heterocycles. The number of piperidine rings is 1. The van der Waals surface area contributed by atoms with Crippen LogP contribution in [0.1, 0.15) is 26.7 Å². The Morgan fingerprint density at radius 2 is 2.29 bits per heavy atom. The number of nitro groups is 1. The van der Waals surface area contributed by atoms with E-state index in [0.29, 0.717) is 17.0 Å². The summed E-state index contributed by atoms with van der Waals surface area (Å²) in [7, 11) is 0. The molecule has 0 bridgehead atoms. The minimum absolute atomic E-state index is 0.0341. The molecule has 2 rings (SSSR count). The van der Waals surface area contributed by atoms with Crippen LogP contribution in [-0.4, -0.2) is 30.6 Å². The summed E-state index contributed by atoms with van der Waals surface area (Å²) in [5, 5.41) is 14.7. The van der Waals surface area contributed by atoms with Crippen molar-refractivity contribution in [3.05, 3.63) is 33.3 Å². The molecule has 0 aromatic heterocycles. The normalized spacial score (nSPS) is 18.8. The van der Waals surface area contributed by atoms with E-state index in [4.69, 9.17) is 11.6 Å². The lowest BCUT2D eigenvalue weighted by atomic mass is 9.98. The Bertz CT molecular complexity index is 502. The zero-order valence-electron chi connectivity index (χ0n) is 12.5. The Hall–Kier alpha value is -1.33. The van der Waals surface area contributed by atoms with Gasteiger partial charge in [-0.25, -0.2) is 0 Å². The number of nitro benzene ring substituents is 1. The molecule has 5 nitrogen and oxygen atoms in total. The minimum atomic E-state index is -0.416. The Kier molecular flexibility index (Phi) is 5.42. The second-order valence-corrected chi connectivity index (χ2v) is 6.26. The largest absolute Gasteiger partial charge is 0.368 e.